The molecule has 3 aromatic carbocycles. The number of amides is 2. The molecule has 0 unspecified atom stereocenters. The van der Waals surface area contributed by atoms with Gasteiger partial charge in [-0.15, -0.1) is 0 Å². The Morgan fingerprint density at radius 1 is 0.886 bits per heavy atom. The lowest BCUT2D eigenvalue weighted by Gasteiger charge is -2.21. The first kappa shape index (κ1) is 26.1. The van der Waals surface area contributed by atoms with Crippen LogP contribution in [0.2, 0.25) is 0 Å². The molecule has 0 aliphatic carbocycles. The Kier molecular flexibility index (Phi) is 8.03. The third-order valence-corrected chi connectivity index (χ3v) is 6.66. The van der Waals surface area contributed by atoms with Crippen molar-refractivity contribution in [1.29, 1.82) is 0 Å². The number of anilines is 1. The summed E-state index contributed by atoms with van der Waals surface area (Å²) < 4.78 is 40.8. The maximum Gasteiger partial charge on any atom is 0.251 e. The lowest BCUT2D eigenvalue weighted by atomic mass is 10.0. The molecule has 35 heavy (non-hydrogen) atoms. The van der Waals surface area contributed by atoms with Crippen LogP contribution >= 0.6 is 0 Å². The average molecular weight is 498 g/mol. The summed E-state index contributed by atoms with van der Waals surface area (Å²) in [6.45, 7) is 5.23. The molecule has 184 valence electrons. The number of nitrogens with one attached hydrogen (secondary N) is 3. The molecule has 0 saturated carbocycles. The number of hydrogen-bond donors (Lipinski definition) is 3. The Labute approximate surface area is 204 Å². The number of sulfonamides is 1. The van der Waals surface area contributed by atoms with Gasteiger partial charge in [0.25, 0.3) is 5.91 Å². The Bertz CT molecular complexity index is 1270. The predicted molar refractivity (Wildman–Crippen MR) is 133 cm³/mol. The number of rotatable bonds is 8. The molecule has 0 radical (unpaired) electrons. The third kappa shape index (κ3) is 7.73. The molecule has 7 nitrogen and oxygen atoms in total. The van der Waals surface area contributed by atoms with Crippen LogP contribution in [-0.2, 0) is 21.2 Å². The Morgan fingerprint density at radius 3 is 2.06 bits per heavy atom. The molecule has 3 aromatic rings. The summed E-state index contributed by atoms with van der Waals surface area (Å²) in [6, 6.07) is 19.0. The van der Waals surface area contributed by atoms with E-state index in [0.717, 1.165) is 5.56 Å². The lowest BCUT2D eigenvalue weighted by molar-refractivity contribution is -0.118. The third-order valence-electron chi connectivity index (χ3n) is 4.88. The van der Waals surface area contributed by atoms with Crippen molar-refractivity contribution in [1.82, 2.24) is 10.0 Å². The zero-order chi connectivity index (χ0) is 25.6. The zero-order valence-electron chi connectivity index (χ0n) is 19.7. The van der Waals surface area contributed by atoms with Crippen molar-refractivity contribution in [3.63, 3.8) is 0 Å². The number of carbonyl (C=O) groups is 2. The summed E-state index contributed by atoms with van der Waals surface area (Å²) in [4.78, 5) is 25.9. The highest BCUT2D eigenvalue weighted by molar-refractivity contribution is 7.89. The van der Waals surface area contributed by atoms with Crippen LogP contribution in [0.15, 0.2) is 83.8 Å². The second kappa shape index (κ2) is 10.8. The SMILES string of the molecule is CC(C)(C)NS(=O)(=O)c1ccc(NC(=O)[C@@H](Cc2ccccc2)NC(=O)c2ccc(F)cc2)cc1. The van der Waals surface area contributed by atoms with Crippen molar-refractivity contribution in [3.8, 4) is 0 Å². The van der Waals surface area contributed by atoms with Gasteiger partial charge in [-0.05, 0) is 74.9 Å². The molecule has 0 aliphatic rings. The Balaban J connectivity index is 1.77. The quantitative estimate of drug-likeness (QED) is 0.439. The van der Waals surface area contributed by atoms with E-state index in [1.165, 1.54) is 48.5 Å². The first-order valence-corrected chi connectivity index (χ1v) is 12.5. The molecule has 3 rings (SSSR count). The van der Waals surface area contributed by atoms with E-state index in [0.29, 0.717) is 5.69 Å². The van der Waals surface area contributed by atoms with Gasteiger partial charge < -0.3 is 10.6 Å². The molecule has 9 heteroatoms. The van der Waals surface area contributed by atoms with Crippen molar-refractivity contribution >= 4 is 27.5 Å². The van der Waals surface area contributed by atoms with Crippen LogP contribution in [0.3, 0.4) is 0 Å². The molecule has 2 amide bonds. The van der Waals surface area contributed by atoms with Crippen molar-refractivity contribution < 1.29 is 22.4 Å². The van der Waals surface area contributed by atoms with E-state index in [1.807, 2.05) is 30.3 Å². The largest absolute Gasteiger partial charge is 0.340 e. The number of hydrogen-bond acceptors (Lipinski definition) is 4. The summed E-state index contributed by atoms with van der Waals surface area (Å²) in [5, 5.41) is 5.43. The second-order valence-electron chi connectivity index (χ2n) is 9.09. The van der Waals surface area contributed by atoms with Crippen LogP contribution in [0, 0.1) is 5.82 Å². The second-order valence-corrected chi connectivity index (χ2v) is 10.8. The van der Waals surface area contributed by atoms with Crippen LogP contribution in [0.25, 0.3) is 0 Å². The summed E-state index contributed by atoms with van der Waals surface area (Å²) in [6.07, 6.45) is 0.224. The van der Waals surface area contributed by atoms with E-state index in [9.17, 15) is 22.4 Å². The predicted octanol–water partition coefficient (Wildman–Crippen LogP) is 3.88. The topological polar surface area (TPSA) is 104 Å². The van der Waals surface area contributed by atoms with Gasteiger partial charge in [-0.2, -0.15) is 0 Å². The molecule has 0 spiro atoms. The average Bonchev–Trinajstić information content (AvgIpc) is 2.78. The van der Waals surface area contributed by atoms with Gasteiger partial charge in [0.2, 0.25) is 15.9 Å². The number of benzene rings is 3. The summed E-state index contributed by atoms with van der Waals surface area (Å²) in [5.41, 5.74) is 0.790. The first-order valence-electron chi connectivity index (χ1n) is 11.0. The Hall–Kier alpha value is -3.56. The monoisotopic (exact) mass is 497 g/mol. The molecule has 3 N–H and O–H groups in total. The van der Waals surface area contributed by atoms with E-state index in [1.54, 1.807) is 20.8 Å². The summed E-state index contributed by atoms with van der Waals surface area (Å²) >= 11 is 0. The molecular formula is C26H28FN3O4S. The standard InChI is InChI=1S/C26H28FN3O4S/c1-26(2,3)30-35(33,34)22-15-13-21(14-16-22)28-25(32)23(17-18-7-5-4-6-8-18)29-24(31)19-9-11-20(27)12-10-19/h4-16,23,30H,17H2,1-3H3,(H,28,32)(H,29,31)/t23-/m1/s1. The van der Waals surface area contributed by atoms with Crippen LogP contribution in [0.4, 0.5) is 10.1 Å². The molecule has 0 fully saturated rings. The minimum absolute atomic E-state index is 0.0656. The summed E-state index contributed by atoms with van der Waals surface area (Å²) in [5.74, 6) is -1.47. The van der Waals surface area contributed by atoms with Gasteiger partial charge in [0.05, 0.1) is 4.90 Å². The van der Waals surface area contributed by atoms with E-state index in [4.69, 9.17) is 0 Å². The van der Waals surface area contributed by atoms with Gasteiger partial charge in [0.15, 0.2) is 0 Å². The number of carbonyl (C=O) groups excluding carboxylic acids is 2. The molecule has 0 aliphatic heterocycles. The maximum atomic E-state index is 13.2. The summed E-state index contributed by atoms with van der Waals surface area (Å²) in [7, 11) is -3.72. The fourth-order valence-electron chi connectivity index (χ4n) is 3.31. The van der Waals surface area contributed by atoms with Gasteiger partial charge in [-0.3, -0.25) is 9.59 Å². The van der Waals surface area contributed by atoms with Gasteiger partial charge >= 0.3 is 0 Å². The maximum absolute atomic E-state index is 13.2. The number of halogens is 1. The fraction of sp³-hybridized carbons (Fsp3) is 0.231. The molecule has 1 atom stereocenters. The van der Waals surface area contributed by atoms with Gasteiger partial charge in [0.1, 0.15) is 11.9 Å². The highest BCUT2D eigenvalue weighted by Crippen LogP contribution is 2.17. The Morgan fingerprint density at radius 2 is 1.49 bits per heavy atom. The van der Waals surface area contributed by atoms with E-state index >= 15 is 0 Å². The molecule has 0 bridgehead atoms. The fourth-order valence-corrected chi connectivity index (χ4v) is 4.73. The lowest BCUT2D eigenvalue weighted by Crippen LogP contribution is -2.45. The first-order chi connectivity index (χ1) is 16.4. The highest BCUT2D eigenvalue weighted by Gasteiger charge is 2.24. The molecule has 0 saturated heterocycles. The van der Waals surface area contributed by atoms with Crippen LogP contribution in [0.5, 0.6) is 0 Å². The van der Waals surface area contributed by atoms with Crippen LogP contribution in [0.1, 0.15) is 36.7 Å². The van der Waals surface area contributed by atoms with Crippen LogP contribution in [-0.4, -0.2) is 31.8 Å². The minimum atomic E-state index is -3.72. The van der Waals surface area contributed by atoms with Gasteiger partial charge in [-0.25, -0.2) is 17.5 Å². The minimum Gasteiger partial charge on any atom is -0.340 e. The van der Waals surface area contributed by atoms with E-state index < -0.39 is 39.2 Å². The normalized spacial score (nSPS) is 12.6. The van der Waals surface area contributed by atoms with E-state index in [-0.39, 0.29) is 16.9 Å². The van der Waals surface area contributed by atoms with Gasteiger partial charge in [-0.1, -0.05) is 30.3 Å². The van der Waals surface area contributed by atoms with Crippen molar-refractivity contribution in [2.75, 3.05) is 5.32 Å². The van der Waals surface area contributed by atoms with Crippen molar-refractivity contribution in [2.24, 2.45) is 0 Å². The zero-order valence-corrected chi connectivity index (χ0v) is 20.5. The van der Waals surface area contributed by atoms with Crippen molar-refractivity contribution in [2.45, 2.75) is 43.7 Å². The van der Waals surface area contributed by atoms with Gasteiger partial charge in [0, 0.05) is 23.2 Å². The molecular weight excluding hydrogens is 469 g/mol. The van der Waals surface area contributed by atoms with Crippen LogP contribution < -0.4 is 15.4 Å². The van der Waals surface area contributed by atoms with Crippen molar-refractivity contribution in [3.05, 3.63) is 95.8 Å². The molecule has 0 aromatic heterocycles. The smallest absolute Gasteiger partial charge is 0.251 e. The highest BCUT2D eigenvalue weighted by atomic mass is 32.2. The van der Waals surface area contributed by atoms with E-state index in [2.05, 4.69) is 15.4 Å². The molecule has 0 heterocycles.